The van der Waals surface area contributed by atoms with Crippen molar-refractivity contribution in [3.63, 3.8) is 0 Å². The Hall–Kier alpha value is -0.560. The number of hydrogen-bond donors (Lipinski definition) is 0. The SMILES string of the molecule is CC1=CC[C@H]([C@@H]2OC[C@H]3[C@H](C)[C@@H]2C(C)=C[C@H]3C)CC1. The molecule has 0 spiro atoms. The highest BCUT2D eigenvalue weighted by atomic mass is 16.5. The number of rotatable bonds is 1. The second-order valence-corrected chi connectivity index (χ2v) is 7.20. The van der Waals surface area contributed by atoms with Gasteiger partial charge in [0, 0.05) is 5.92 Å². The van der Waals surface area contributed by atoms with Crippen molar-refractivity contribution in [1.82, 2.24) is 0 Å². The van der Waals surface area contributed by atoms with Gasteiger partial charge in [-0.1, -0.05) is 37.1 Å². The molecule has 1 heteroatoms. The molecule has 1 fully saturated rings. The second-order valence-electron chi connectivity index (χ2n) is 7.20. The van der Waals surface area contributed by atoms with Crippen LogP contribution in [-0.2, 0) is 4.74 Å². The van der Waals surface area contributed by atoms with Crippen LogP contribution in [0.3, 0.4) is 0 Å². The van der Waals surface area contributed by atoms with Gasteiger partial charge in [0.05, 0.1) is 12.7 Å². The largest absolute Gasteiger partial charge is 0.377 e. The number of allylic oxidation sites excluding steroid dienone is 3. The van der Waals surface area contributed by atoms with Crippen LogP contribution in [0.15, 0.2) is 23.3 Å². The van der Waals surface area contributed by atoms with Gasteiger partial charge < -0.3 is 4.74 Å². The van der Waals surface area contributed by atoms with E-state index in [0.717, 1.165) is 24.4 Å². The summed E-state index contributed by atoms with van der Waals surface area (Å²) >= 11 is 0. The van der Waals surface area contributed by atoms with E-state index in [1.165, 1.54) is 19.3 Å². The van der Waals surface area contributed by atoms with E-state index in [-0.39, 0.29) is 0 Å². The van der Waals surface area contributed by atoms with Crippen molar-refractivity contribution >= 4 is 0 Å². The number of hydrogen-bond acceptors (Lipinski definition) is 1. The molecular weight excluding hydrogens is 232 g/mol. The lowest BCUT2D eigenvalue weighted by Crippen LogP contribution is -2.49. The van der Waals surface area contributed by atoms with Gasteiger partial charge in [-0.3, -0.25) is 0 Å². The van der Waals surface area contributed by atoms with Crippen LogP contribution in [0.25, 0.3) is 0 Å². The van der Waals surface area contributed by atoms with Gasteiger partial charge >= 0.3 is 0 Å². The van der Waals surface area contributed by atoms with E-state index in [4.69, 9.17) is 4.74 Å². The molecule has 2 bridgehead atoms. The maximum atomic E-state index is 6.36. The summed E-state index contributed by atoms with van der Waals surface area (Å²) in [6.07, 6.45) is 9.26. The zero-order valence-electron chi connectivity index (χ0n) is 12.9. The van der Waals surface area contributed by atoms with Gasteiger partial charge in [-0.15, -0.1) is 0 Å². The normalized spacial score (nSPS) is 46.5. The van der Waals surface area contributed by atoms with E-state index in [0.29, 0.717) is 17.9 Å². The third-order valence-corrected chi connectivity index (χ3v) is 5.95. The minimum atomic E-state index is 0.472. The third kappa shape index (κ3) is 2.31. The van der Waals surface area contributed by atoms with Crippen molar-refractivity contribution in [2.45, 2.75) is 53.1 Å². The predicted molar refractivity (Wildman–Crippen MR) is 79.9 cm³/mol. The zero-order valence-corrected chi connectivity index (χ0v) is 12.9. The summed E-state index contributed by atoms with van der Waals surface area (Å²) in [6, 6.07) is 0. The van der Waals surface area contributed by atoms with Crippen LogP contribution in [0.5, 0.6) is 0 Å². The fourth-order valence-corrected chi connectivity index (χ4v) is 4.71. The molecule has 0 aromatic rings. The summed E-state index contributed by atoms with van der Waals surface area (Å²) in [4.78, 5) is 0. The molecule has 0 aromatic carbocycles. The second kappa shape index (κ2) is 5.09. The quantitative estimate of drug-likeness (QED) is 0.626. The molecule has 19 heavy (non-hydrogen) atoms. The Bertz CT molecular complexity index is 406. The number of ether oxygens (including phenoxy) is 1. The first-order chi connectivity index (χ1) is 9.08. The van der Waals surface area contributed by atoms with Gasteiger partial charge in [0.15, 0.2) is 0 Å². The Morgan fingerprint density at radius 2 is 2.00 bits per heavy atom. The fraction of sp³-hybridized carbons (Fsp3) is 0.778. The van der Waals surface area contributed by atoms with E-state index < -0.39 is 0 Å². The molecule has 106 valence electrons. The van der Waals surface area contributed by atoms with E-state index in [1.807, 2.05) is 0 Å². The highest BCUT2D eigenvalue weighted by Gasteiger charge is 2.45. The molecule has 3 aliphatic rings. The first-order valence-electron chi connectivity index (χ1n) is 8.03. The van der Waals surface area contributed by atoms with Crippen molar-refractivity contribution in [2.75, 3.05) is 6.61 Å². The molecule has 1 nitrogen and oxygen atoms in total. The van der Waals surface area contributed by atoms with Gasteiger partial charge in [0.25, 0.3) is 0 Å². The van der Waals surface area contributed by atoms with Crippen molar-refractivity contribution in [1.29, 1.82) is 0 Å². The smallest absolute Gasteiger partial charge is 0.0674 e. The van der Waals surface area contributed by atoms with Crippen LogP contribution in [0.1, 0.15) is 47.0 Å². The van der Waals surface area contributed by atoms with E-state index in [1.54, 1.807) is 11.1 Å². The Morgan fingerprint density at radius 3 is 2.68 bits per heavy atom. The molecule has 0 saturated carbocycles. The van der Waals surface area contributed by atoms with E-state index in [2.05, 4.69) is 39.8 Å². The lowest BCUT2D eigenvalue weighted by molar-refractivity contribution is -0.117. The predicted octanol–water partition coefficient (Wildman–Crippen LogP) is 4.60. The number of fused-ring (bicyclic) bond motifs is 2. The molecule has 2 aliphatic carbocycles. The molecule has 1 aliphatic heterocycles. The summed E-state index contributed by atoms with van der Waals surface area (Å²) in [6.45, 7) is 10.4. The summed E-state index contributed by atoms with van der Waals surface area (Å²) in [7, 11) is 0. The maximum Gasteiger partial charge on any atom is 0.0674 e. The zero-order chi connectivity index (χ0) is 13.6. The first kappa shape index (κ1) is 13.4. The van der Waals surface area contributed by atoms with Crippen LogP contribution in [0.4, 0.5) is 0 Å². The van der Waals surface area contributed by atoms with Crippen molar-refractivity contribution < 1.29 is 4.74 Å². The van der Waals surface area contributed by atoms with E-state index >= 15 is 0 Å². The molecule has 1 heterocycles. The van der Waals surface area contributed by atoms with E-state index in [9.17, 15) is 0 Å². The third-order valence-electron chi connectivity index (χ3n) is 5.95. The van der Waals surface area contributed by atoms with Crippen LogP contribution < -0.4 is 0 Å². The Morgan fingerprint density at radius 1 is 1.21 bits per heavy atom. The fourth-order valence-electron chi connectivity index (χ4n) is 4.71. The first-order valence-corrected chi connectivity index (χ1v) is 8.03. The minimum absolute atomic E-state index is 0.472. The monoisotopic (exact) mass is 260 g/mol. The Kier molecular flexibility index (Phi) is 3.59. The molecule has 6 atom stereocenters. The molecule has 0 amide bonds. The van der Waals surface area contributed by atoms with Gasteiger partial charge in [-0.05, 0) is 56.8 Å². The molecular formula is C18H28O. The highest BCUT2D eigenvalue weighted by Crippen LogP contribution is 2.47. The molecule has 0 radical (unpaired) electrons. The van der Waals surface area contributed by atoms with Gasteiger partial charge in [0.2, 0.25) is 0 Å². The Labute approximate surface area is 118 Å². The van der Waals surface area contributed by atoms with Gasteiger partial charge in [-0.2, -0.15) is 0 Å². The van der Waals surface area contributed by atoms with Gasteiger partial charge in [0.1, 0.15) is 0 Å². The van der Waals surface area contributed by atoms with Crippen LogP contribution >= 0.6 is 0 Å². The summed E-state index contributed by atoms with van der Waals surface area (Å²) in [5.41, 5.74) is 3.16. The minimum Gasteiger partial charge on any atom is -0.377 e. The van der Waals surface area contributed by atoms with Crippen LogP contribution in [0.2, 0.25) is 0 Å². The summed E-state index contributed by atoms with van der Waals surface area (Å²) in [5, 5.41) is 0. The Balaban J connectivity index is 1.82. The molecule has 0 unspecified atom stereocenters. The van der Waals surface area contributed by atoms with Crippen LogP contribution in [-0.4, -0.2) is 12.7 Å². The summed E-state index contributed by atoms with van der Waals surface area (Å²) in [5.74, 6) is 3.65. The van der Waals surface area contributed by atoms with Crippen molar-refractivity contribution in [3.8, 4) is 0 Å². The molecule has 0 aromatic heterocycles. The average Bonchev–Trinajstić information content (AvgIpc) is 2.37. The molecule has 3 rings (SSSR count). The standard InChI is InChI=1S/C18H28O/c1-11-5-7-15(8-6-11)18-17-13(3)9-12(2)16(10-19-18)14(17)4/h5,9,12,14-18H,6-8,10H2,1-4H3/t12-,14+,15+,16-,17+,18+/m1/s1. The molecule has 0 N–H and O–H groups in total. The summed E-state index contributed by atoms with van der Waals surface area (Å²) < 4.78 is 6.36. The lowest BCUT2D eigenvalue weighted by atomic mass is 9.63. The average molecular weight is 260 g/mol. The maximum absolute atomic E-state index is 6.36. The topological polar surface area (TPSA) is 9.23 Å². The van der Waals surface area contributed by atoms with Crippen molar-refractivity contribution in [2.24, 2.45) is 29.6 Å². The highest BCUT2D eigenvalue weighted by molar-refractivity contribution is 5.18. The lowest BCUT2D eigenvalue weighted by Gasteiger charge is -2.50. The molecule has 1 saturated heterocycles. The van der Waals surface area contributed by atoms with Crippen LogP contribution in [0, 0.1) is 29.6 Å². The van der Waals surface area contributed by atoms with Gasteiger partial charge in [-0.25, -0.2) is 0 Å². The van der Waals surface area contributed by atoms with Crippen molar-refractivity contribution in [3.05, 3.63) is 23.3 Å².